The summed E-state index contributed by atoms with van der Waals surface area (Å²) in [5, 5.41) is 5.99. The van der Waals surface area contributed by atoms with E-state index < -0.39 is 0 Å². The van der Waals surface area contributed by atoms with Gasteiger partial charge in [0, 0.05) is 22.8 Å². The third kappa shape index (κ3) is 3.64. The van der Waals surface area contributed by atoms with Crippen molar-refractivity contribution in [2.24, 2.45) is 0 Å². The monoisotopic (exact) mass is 356 g/mol. The first kappa shape index (κ1) is 17.0. The number of nitrogens with zero attached hydrogens (tertiary/aromatic N) is 2. The molecule has 0 bridgehead atoms. The number of anilines is 1. The Kier molecular flexibility index (Phi) is 4.72. The van der Waals surface area contributed by atoms with Crippen molar-refractivity contribution in [3.8, 4) is 0 Å². The maximum Gasteiger partial charge on any atom is 0.272 e. The molecule has 2 N–H and O–H groups in total. The van der Waals surface area contributed by atoms with Gasteiger partial charge in [0.25, 0.3) is 11.8 Å². The Morgan fingerprint density at radius 1 is 1.12 bits per heavy atom. The zero-order valence-corrected chi connectivity index (χ0v) is 14.5. The van der Waals surface area contributed by atoms with Crippen LogP contribution in [-0.2, 0) is 0 Å². The van der Waals surface area contributed by atoms with E-state index in [2.05, 4.69) is 15.6 Å². The highest BCUT2D eigenvalue weighted by Gasteiger charge is 2.21. The summed E-state index contributed by atoms with van der Waals surface area (Å²) >= 11 is 5.93. The number of hydrogen-bond donors (Lipinski definition) is 2. The number of amides is 2. The maximum absolute atomic E-state index is 12.6. The lowest BCUT2D eigenvalue weighted by atomic mass is 10.2. The van der Waals surface area contributed by atoms with Crippen LogP contribution in [0.1, 0.15) is 34.7 Å². The smallest absolute Gasteiger partial charge is 0.272 e. The second kappa shape index (κ2) is 6.94. The molecule has 0 saturated carbocycles. The Balaban J connectivity index is 2.00. The van der Waals surface area contributed by atoms with Crippen LogP contribution in [0.3, 0.4) is 0 Å². The Morgan fingerprint density at radius 2 is 1.92 bits per heavy atom. The minimum atomic E-state index is -0.385. The first-order valence-electron chi connectivity index (χ1n) is 7.80. The van der Waals surface area contributed by atoms with Crippen LogP contribution in [0.15, 0.2) is 48.7 Å². The fourth-order valence-corrected chi connectivity index (χ4v) is 2.63. The van der Waals surface area contributed by atoms with Crippen molar-refractivity contribution in [3.05, 3.63) is 64.9 Å². The average molecular weight is 357 g/mol. The van der Waals surface area contributed by atoms with Gasteiger partial charge in [-0.15, -0.1) is 0 Å². The van der Waals surface area contributed by atoms with Crippen molar-refractivity contribution < 1.29 is 9.59 Å². The van der Waals surface area contributed by atoms with Crippen LogP contribution in [0.4, 0.5) is 5.82 Å². The molecule has 0 atom stereocenters. The molecule has 25 heavy (non-hydrogen) atoms. The molecule has 7 heteroatoms. The quantitative estimate of drug-likeness (QED) is 0.752. The Morgan fingerprint density at radius 3 is 2.64 bits per heavy atom. The van der Waals surface area contributed by atoms with Crippen molar-refractivity contribution in [1.82, 2.24) is 14.7 Å². The number of pyridine rings is 1. The highest BCUT2D eigenvalue weighted by Crippen LogP contribution is 2.19. The molecule has 0 unspecified atom stereocenters. The van der Waals surface area contributed by atoms with E-state index in [0.717, 1.165) is 0 Å². The van der Waals surface area contributed by atoms with Gasteiger partial charge in [-0.3, -0.25) is 14.0 Å². The lowest BCUT2D eigenvalue weighted by Crippen LogP contribution is -2.32. The summed E-state index contributed by atoms with van der Waals surface area (Å²) in [6.45, 7) is 3.73. The molecule has 2 heterocycles. The van der Waals surface area contributed by atoms with Gasteiger partial charge in [-0.2, -0.15) is 0 Å². The largest absolute Gasteiger partial charge is 0.348 e. The molecule has 0 radical (unpaired) electrons. The molecule has 128 valence electrons. The van der Waals surface area contributed by atoms with Gasteiger partial charge in [0.05, 0.1) is 0 Å². The number of fused-ring (bicyclic) bond motifs is 1. The molecular weight excluding hydrogens is 340 g/mol. The Labute approximate surface area is 149 Å². The first-order chi connectivity index (χ1) is 12.0. The third-order valence-corrected chi connectivity index (χ3v) is 3.72. The van der Waals surface area contributed by atoms with Crippen molar-refractivity contribution in [2.75, 3.05) is 5.32 Å². The topological polar surface area (TPSA) is 75.5 Å². The number of rotatable bonds is 4. The van der Waals surface area contributed by atoms with E-state index in [0.29, 0.717) is 16.2 Å². The second-order valence-corrected chi connectivity index (χ2v) is 6.27. The SMILES string of the molecule is CC(C)NC(=O)c1c(NC(=O)c2cccc(Cl)c2)nc2ccccn12. The number of carbonyl (C=O) groups excluding carboxylic acids is 2. The van der Waals surface area contributed by atoms with Crippen molar-refractivity contribution in [1.29, 1.82) is 0 Å². The van der Waals surface area contributed by atoms with E-state index in [9.17, 15) is 9.59 Å². The van der Waals surface area contributed by atoms with Crippen molar-refractivity contribution in [3.63, 3.8) is 0 Å². The molecule has 3 rings (SSSR count). The average Bonchev–Trinajstić information content (AvgIpc) is 2.92. The molecule has 0 aliphatic rings. The Hall–Kier alpha value is -2.86. The zero-order valence-electron chi connectivity index (χ0n) is 13.8. The van der Waals surface area contributed by atoms with Crippen LogP contribution < -0.4 is 10.6 Å². The number of aromatic nitrogens is 2. The molecule has 0 spiro atoms. The summed E-state index contributed by atoms with van der Waals surface area (Å²) in [7, 11) is 0. The van der Waals surface area contributed by atoms with Gasteiger partial charge in [0.15, 0.2) is 11.5 Å². The molecular formula is C18H17ClN4O2. The van der Waals surface area contributed by atoms with E-state index in [4.69, 9.17) is 11.6 Å². The van der Waals surface area contributed by atoms with Gasteiger partial charge >= 0.3 is 0 Å². The van der Waals surface area contributed by atoms with Gasteiger partial charge in [-0.25, -0.2) is 4.98 Å². The van der Waals surface area contributed by atoms with Gasteiger partial charge in [-0.1, -0.05) is 23.7 Å². The number of hydrogen-bond acceptors (Lipinski definition) is 3. The predicted octanol–water partition coefficient (Wildman–Crippen LogP) is 3.38. The minimum absolute atomic E-state index is 0.0433. The molecule has 1 aromatic carbocycles. The summed E-state index contributed by atoms with van der Waals surface area (Å²) in [6, 6.07) is 11.9. The first-order valence-corrected chi connectivity index (χ1v) is 8.18. The van der Waals surface area contributed by atoms with Crippen LogP contribution in [0, 0.1) is 0 Å². The third-order valence-electron chi connectivity index (χ3n) is 3.48. The number of carbonyl (C=O) groups is 2. The van der Waals surface area contributed by atoms with Crippen LogP contribution in [0.25, 0.3) is 5.65 Å². The predicted molar refractivity (Wildman–Crippen MR) is 97.2 cm³/mol. The van der Waals surface area contributed by atoms with Crippen LogP contribution in [0.5, 0.6) is 0 Å². The van der Waals surface area contributed by atoms with Gasteiger partial charge in [0.2, 0.25) is 0 Å². The number of nitrogens with one attached hydrogen (secondary N) is 2. The fourth-order valence-electron chi connectivity index (χ4n) is 2.44. The zero-order chi connectivity index (χ0) is 18.0. The van der Waals surface area contributed by atoms with Gasteiger partial charge in [-0.05, 0) is 44.2 Å². The van der Waals surface area contributed by atoms with Crippen molar-refractivity contribution in [2.45, 2.75) is 19.9 Å². The standard InChI is InChI=1S/C18H17ClN4O2/c1-11(2)20-18(25)15-16(21-14-8-3-4-9-23(14)15)22-17(24)12-6-5-7-13(19)10-12/h3-11H,1-2H3,(H,20,25)(H,22,24). The van der Waals surface area contributed by atoms with Crippen LogP contribution in [-0.4, -0.2) is 27.2 Å². The summed E-state index contributed by atoms with van der Waals surface area (Å²) < 4.78 is 1.64. The van der Waals surface area contributed by atoms with E-state index in [-0.39, 0.29) is 29.4 Å². The second-order valence-electron chi connectivity index (χ2n) is 5.83. The van der Waals surface area contributed by atoms with Crippen molar-refractivity contribution >= 4 is 34.9 Å². The molecule has 2 amide bonds. The highest BCUT2D eigenvalue weighted by atomic mass is 35.5. The molecule has 0 aliphatic carbocycles. The van der Waals surface area contributed by atoms with E-state index >= 15 is 0 Å². The Bertz CT molecular complexity index is 949. The van der Waals surface area contributed by atoms with E-state index in [1.807, 2.05) is 19.9 Å². The molecule has 6 nitrogen and oxygen atoms in total. The van der Waals surface area contributed by atoms with Crippen LogP contribution in [0.2, 0.25) is 5.02 Å². The lowest BCUT2D eigenvalue weighted by Gasteiger charge is -2.10. The summed E-state index contributed by atoms with van der Waals surface area (Å²) in [6.07, 6.45) is 1.73. The molecule has 3 aromatic rings. The van der Waals surface area contributed by atoms with Crippen LogP contribution >= 0.6 is 11.6 Å². The normalized spacial score (nSPS) is 10.9. The maximum atomic E-state index is 12.6. The molecule has 2 aromatic heterocycles. The summed E-state index contributed by atoms with van der Waals surface area (Å²) in [5.41, 5.74) is 1.23. The number of benzene rings is 1. The van der Waals surface area contributed by atoms with E-state index in [1.54, 1.807) is 47.0 Å². The number of halogens is 1. The minimum Gasteiger partial charge on any atom is -0.348 e. The fraction of sp³-hybridized carbons (Fsp3) is 0.167. The lowest BCUT2D eigenvalue weighted by molar-refractivity contribution is 0.0938. The summed E-state index contributed by atoms with van der Waals surface area (Å²) in [5.74, 6) is -0.492. The number of imidazole rings is 1. The van der Waals surface area contributed by atoms with E-state index in [1.165, 1.54) is 0 Å². The summed E-state index contributed by atoms with van der Waals surface area (Å²) in [4.78, 5) is 29.4. The highest BCUT2D eigenvalue weighted by molar-refractivity contribution is 6.31. The molecule has 0 aliphatic heterocycles. The molecule has 0 saturated heterocycles. The van der Waals surface area contributed by atoms with Gasteiger partial charge < -0.3 is 10.6 Å². The van der Waals surface area contributed by atoms with Gasteiger partial charge in [0.1, 0.15) is 5.65 Å². The molecule has 0 fully saturated rings.